The van der Waals surface area contributed by atoms with Crippen LogP contribution < -0.4 is 5.32 Å². The minimum absolute atomic E-state index is 0.0272. The molecule has 0 unspecified atom stereocenters. The molecule has 0 radical (unpaired) electrons. The first-order valence-corrected chi connectivity index (χ1v) is 8.38. The summed E-state index contributed by atoms with van der Waals surface area (Å²) in [4.78, 5) is 22.9. The van der Waals surface area contributed by atoms with Crippen LogP contribution in [0, 0.1) is 30.9 Å². The Kier molecular flexibility index (Phi) is 4.98. The largest absolute Gasteiger partial charge is 0.325 e. The molecule has 138 valence electrons. The lowest BCUT2D eigenvalue weighted by molar-refractivity contribution is -0.385. The molecule has 8 nitrogen and oxygen atoms in total. The second kappa shape index (κ2) is 7.36. The van der Waals surface area contributed by atoms with Crippen LogP contribution in [0.25, 0.3) is 5.69 Å². The van der Waals surface area contributed by atoms with Gasteiger partial charge in [-0.1, -0.05) is 29.0 Å². The Morgan fingerprint density at radius 1 is 1.15 bits per heavy atom. The standard InChI is InChI=1S/C19H19N5O3/c1-12-4-8-16(9-5-12)23-14(3)17(21-22-23)11-19(25)20-15-7-6-13(2)18(10-15)24(26)27/h4-10H,11H2,1-3H3,(H,20,25). The molecule has 0 aliphatic carbocycles. The Morgan fingerprint density at radius 2 is 1.85 bits per heavy atom. The highest BCUT2D eigenvalue weighted by atomic mass is 16.6. The predicted octanol–water partition coefficient (Wildman–Crippen LogP) is 3.28. The third-order valence-electron chi connectivity index (χ3n) is 4.29. The molecule has 0 atom stereocenters. The Bertz CT molecular complexity index is 1010. The van der Waals surface area contributed by atoms with E-state index in [-0.39, 0.29) is 18.0 Å². The second-order valence-electron chi connectivity index (χ2n) is 6.35. The van der Waals surface area contributed by atoms with E-state index in [9.17, 15) is 14.9 Å². The highest BCUT2D eigenvalue weighted by Gasteiger charge is 2.16. The smallest absolute Gasteiger partial charge is 0.274 e. The first kappa shape index (κ1) is 18.2. The van der Waals surface area contributed by atoms with E-state index in [2.05, 4.69) is 15.6 Å². The Labute approximate surface area is 156 Å². The van der Waals surface area contributed by atoms with E-state index >= 15 is 0 Å². The van der Waals surface area contributed by atoms with Crippen LogP contribution in [-0.2, 0) is 11.2 Å². The van der Waals surface area contributed by atoms with E-state index in [0.717, 1.165) is 16.9 Å². The maximum Gasteiger partial charge on any atom is 0.274 e. The molecule has 3 aromatic rings. The number of rotatable bonds is 5. The first-order chi connectivity index (χ1) is 12.8. The molecule has 0 saturated heterocycles. The van der Waals surface area contributed by atoms with Crippen molar-refractivity contribution in [2.45, 2.75) is 27.2 Å². The van der Waals surface area contributed by atoms with Gasteiger partial charge < -0.3 is 5.32 Å². The van der Waals surface area contributed by atoms with Crippen LogP contribution in [-0.4, -0.2) is 25.8 Å². The van der Waals surface area contributed by atoms with Gasteiger partial charge in [0.25, 0.3) is 5.69 Å². The molecule has 1 aromatic heterocycles. The van der Waals surface area contributed by atoms with Crippen molar-refractivity contribution in [3.05, 3.63) is 75.1 Å². The Morgan fingerprint density at radius 3 is 2.52 bits per heavy atom. The number of amides is 1. The summed E-state index contributed by atoms with van der Waals surface area (Å²) in [6, 6.07) is 12.4. The number of nitro groups is 1. The van der Waals surface area contributed by atoms with Gasteiger partial charge in [-0.25, -0.2) is 4.68 Å². The molecule has 0 bridgehead atoms. The number of nitrogens with one attached hydrogen (secondary N) is 1. The fourth-order valence-corrected chi connectivity index (χ4v) is 2.70. The van der Waals surface area contributed by atoms with Crippen molar-refractivity contribution < 1.29 is 9.72 Å². The van der Waals surface area contributed by atoms with Gasteiger partial charge in [0.05, 0.1) is 28.4 Å². The number of nitro benzene ring substituents is 1. The number of carbonyl (C=O) groups is 1. The van der Waals surface area contributed by atoms with Gasteiger partial charge in [0.2, 0.25) is 5.91 Å². The summed E-state index contributed by atoms with van der Waals surface area (Å²) in [5.41, 5.74) is 4.21. The lowest BCUT2D eigenvalue weighted by atomic mass is 10.1. The molecule has 1 N–H and O–H groups in total. The molecule has 27 heavy (non-hydrogen) atoms. The molecule has 1 amide bonds. The van der Waals surface area contributed by atoms with Crippen molar-refractivity contribution in [3.8, 4) is 5.69 Å². The van der Waals surface area contributed by atoms with Crippen LogP contribution in [0.5, 0.6) is 0 Å². The van der Waals surface area contributed by atoms with E-state index in [4.69, 9.17) is 0 Å². The van der Waals surface area contributed by atoms with Gasteiger partial charge >= 0.3 is 0 Å². The minimum Gasteiger partial charge on any atom is -0.325 e. The molecule has 3 rings (SSSR count). The number of hydrogen-bond donors (Lipinski definition) is 1. The molecule has 0 saturated carbocycles. The number of anilines is 1. The van der Waals surface area contributed by atoms with E-state index in [1.807, 2.05) is 38.1 Å². The van der Waals surface area contributed by atoms with Crippen LogP contribution >= 0.6 is 0 Å². The molecule has 0 fully saturated rings. The van der Waals surface area contributed by atoms with E-state index in [1.54, 1.807) is 23.7 Å². The third kappa shape index (κ3) is 4.00. The van der Waals surface area contributed by atoms with Crippen molar-refractivity contribution in [3.63, 3.8) is 0 Å². The third-order valence-corrected chi connectivity index (χ3v) is 4.29. The van der Waals surface area contributed by atoms with Gasteiger partial charge in [-0.2, -0.15) is 0 Å². The van der Waals surface area contributed by atoms with E-state index < -0.39 is 4.92 Å². The summed E-state index contributed by atoms with van der Waals surface area (Å²) < 4.78 is 1.68. The van der Waals surface area contributed by atoms with Gasteiger partial charge in [0.15, 0.2) is 0 Å². The molecule has 0 spiro atoms. The normalized spacial score (nSPS) is 10.6. The summed E-state index contributed by atoms with van der Waals surface area (Å²) in [5, 5.41) is 21.9. The fraction of sp³-hybridized carbons (Fsp3) is 0.211. The van der Waals surface area contributed by atoms with Crippen molar-refractivity contribution in [2.75, 3.05) is 5.32 Å². The quantitative estimate of drug-likeness (QED) is 0.552. The molecule has 0 aliphatic heterocycles. The van der Waals surface area contributed by atoms with Crippen LogP contribution in [0.3, 0.4) is 0 Å². The van der Waals surface area contributed by atoms with Gasteiger partial charge in [-0.3, -0.25) is 14.9 Å². The van der Waals surface area contributed by atoms with Crippen LogP contribution in [0.2, 0.25) is 0 Å². The Balaban J connectivity index is 1.74. The molecule has 2 aromatic carbocycles. The van der Waals surface area contributed by atoms with Crippen LogP contribution in [0.4, 0.5) is 11.4 Å². The maximum atomic E-state index is 12.3. The predicted molar refractivity (Wildman–Crippen MR) is 101 cm³/mol. The average Bonchev–Trinajstić information content (AvgIpc) is 2.97. The summed E-state index contributed by atoms with van der Waals surface area (Å²) in [5.74, 6) is -0.313. The summed E-state index contributed by atoms with van der Waals surface area (Å²) in [7, 11) is 0. The van der Waals surface area contributed by atoms with E-state index in [0.29, 0.717) is 16.9 Å². The van der Waals surface area contributed by atoms with Crippen LogP contribution in [0.15, 0.2) is 42.5 Å². The molecule has 0 aliphatic rings. The van der Waals surface area contributed by atoms with Gasteiger partial charge in [-0.05, 0) is 39.0 Å². The van der Waals surface area contributed by atoms with Crippen molar-refractivity contribution in [2.24, 2.45) is 0 Å². The summed E-state index contributed by atoms with van der Waals surface area (Å²) >= 11 is 0. The van der Waals surface area contributed by atoms with Gasteiger partial charge in [-0.15, -0.1) is 5.10 Å². The highest BCUT2D eigenvalue weighted by Crippen LogP contribution is 2.22. The molecule has 8 heteroatoms. The number of nitrogens with zero attached hydrogens (tertiary/aromatic N) is 4. The second-order valence-corrected chi connectivity index (χ2v) is 6.35. The van der Waals surface area contributed by atoms with Crippen LogP contribution in [0.1, 0.15) is 22.5 Å². The zero-order valence-electron chi connectivity index (χ0n) is 15.3. The average molecular weight is 365 g/mol. The van der Waals surface area contributed by atoms with Gasteiger partial charge in [0, 0.05) is 17.3 Å². The number of carbonyl (C=O) groups excluding carboxylic acids is 1. The van der Waals surface area contributed by atoms with Crippen molar-refractivity contribution in [1.29, 1.82) is 0 Å². The summed E-state index contributed by atoms with van der Waals surface area (Å²) in [6.07, 6.45) is 0.0272. The lowest BCUT2D eigenvalue weighted by Crippen LogP contribution is -2.15. The highest BCUT2D eigenvalue weighted by molar-refractivity contribution is 5.92. The first-order valence-electron chi connectivity index (χ1n) is 8.38. The number of aryl methyl sites for hydroxylation is 2. The number of aromatic nitrogens is 3. The molecule has 1 heterocycles. The minimum atomic E-state index is -0.470. The fourth-order valence-electron chi connectivity index (χ4n) is 2.70. The topological polar surface area (TPSA) is 103 Å². The maximum absolute atomic E-state index is 12.3. The number of benzene rings is 2. The van der Waals surface area contributed by atoms with Crippen molar-refractivity contribution in [1.82, 2.24) is 15.0 Å². The molecular weight excluding hydrogens is 346 g/mol. The zero-order chi connectivity index (χ0) is 19.6. The van der Waals surface area contributed by atoms with Crippen molar-refractivity contribution >= 4 is 17.3 Å². The molecular formula is C19H19N5O3. The summed E-state index contributed by atoms with van der Waals surface area (Å²) in [6.45, 7) is 5.50. The zero-order valence-corrected chi connectivity index (χ0v) is 15.3. The monoisotopic (exact) mass is 365 g/mol. The number of hydrogen-bond acceptors (Lipinski definition) is 5. The van der Waals surface area contributed by atoms with E-state index in [1.165, 1.54) is 6.07 Å². The lowest BCUT2D eigenvalue weighted by Gasteiger charge is -2.06. The SMILES string of the molecule is Cc1ccc(-n2nnc(CC(=O)Nc3ccc(C)c([N+](=O)[O-])c3)c2C)cc1. The Hall–Kier alpha value is -3.55. The van der Waals surface area contributed by atoms with Gasteiger partial charge in [0.1, 0.15) is 0 Å².